The number of hydrogen-bond acceptors (Lipinski definition) is 5. The SMILES string of the molecule is CCOC1CCN(C(=O)[C@@H]2CC[C@H](NC(=O)COc3ccc(C)cc3)CN(C)C2)CC1. The number of likely N-dealkylation sites (tertiary alicyclic amines) is 2. The number of carbonyl (C=O) groups excluding carboxylic acids is 2. The van der Waals surface area contributed by atoms with Crippen molar-refractivity contribution >= 4 is 11.8 Å². The third-order valence-electron chi connectivity index (χ3n) is 6.19. The molecule has 3 rings (SSSR count). The molecule has 2 heterocycles. The third kappa shape index (κ3) is 7.21. The van der Waals surface area contributed by atoms with Crippen molar-refractivity contribution in [3.8, 4) is 5.75 Å². The van der Waals surface area contributed by atoms with Crippen LogP contribution < -0.4 is 10.1 Å². The van der Waals surface area contributed by atoms with Crippen molar-refractivity contribution in [2.24, 2.45) is 5.92 Å². The highest BCUT2D eigenvalue weighted by atomic mass is 16.5. The van der Waals surface area contributed by atoms with Gasteiger partial charge in [-0.2, -0.15) is 0 Å². The van der Waals surface area contributed by atoms with Crippen LogP contribution in [0.1, 0.15) is 38.2 Å². The fourth-order valence-electron chi connectivity index (χ4n) is 4.52. The van der Waals surface area contributed by atoms with E-state index in [9.17, 15) is 9.59 Å². The Balaban J connectivity index is 1.44. The summed E-state index contributed by atoms with van der Waals surface area (Å²) in [4.78, 5) is 29.6. The van der Waals surface area contributed by atoms with Crippen molar-refractivity contribution in [3.05, 3.63) is 29.8 Å². The van der Waals surface area contributed by atoms with Gasteiger partial charge in [-0.3, -0.25) is 9.59 Å². The molecule has 1 aromatic carbocycles. The van der Waals surface area contributed by atoms with Gasteiger partial charge < -0.3 is 24.6 Å². The van der Waals surface area contributed by atoms with Crippen LogP contribution in [0.3, 0.4) is 0 Å². The lowest BCUT2D eigenvalue weighted by Crippen LogP contribution is -2.45. The standard InChI is InChI=1S/C24H37N3O4/c1-4-30-22-11-13-27(14-12-22)24(29)19-7-8-20(16-26(3)15-19)25-23(28)17-31-21-9-5-18(2)6-10-21/h5-6,9-10,19-20,22H,4,7-8,11-17H2,1-3H3,(H,25,28)/t19-,20+/m1/s1. The van der Waals surface area contributed by atoms with Gasteiger partial charge in [0.05, 0.1) is 12.0 Å². The Bertz CT molecular complexity index is 716. The molecule has 1 aromatic rings. The van der Waals surface area contributed by atoms with Crippen molar-refractivity contribution < 1.29 is 19.1 Å². The average Bonchev–Trinajstić information content (AvgIpc) is 2.94. The molecule has 0 radical (unpaired) electrons. The number of piperidine rings is 1. The molecule has 2 aliphatic rings. The first kappa shape index (κ1) is 23.5. The van der Waals surface area contributed by atoms with E-state index in [0.717, 1.165) is 64.0 Å². The molecule has 2 fully saturated rings. The maximum absolute atomic E-state index is 13.1. The Kier molecular flexibility index (Phi) is 8.72. The average molecular weight is 432 g/mol. The first-order chi connectivity index (χ1) is 14.9. The summed E-state index contributed by atoms with van der Waals surface area (Å²) in [5.41, 5.74) is 1.15. The number of benzene rings is 1. The van der Waals surface area contributed by atoms with Crippen molar-refractivity contribution in [1.82, 2.24) is 15.1 Å². The molecule has 2 aliphatic heterocycles. The number of hydrogen-bond donors (Lipinski definition) is 1. The maximum atomic E-state index is 13.1. The van der Waals surface area contributed by atoms with Crippen molar-refractivity contribution in [1.29, 1.82) is 0 Å². The van der Waals surface area contributed by atoms with E-state index in [1.165, 1.54) is 0 Å². The second-order valence-electron chi connectivity index (χ2n) is 8.84. The molecule has 0 saturated carbocycles. The van der Waals surface area contributed by atoms with Crippen LogP contribution in [0.25, 0.3) is 0 Å². The molecule has 0 unspecified atom stereocenters. The maximum Gasteiger partial charge on any atom is 0.258 e. The van der Waals surface area contributed by atoms with E-state index in [0.29, 0.717) is 5.75 Å². The summed E-state index contributed by atoms with van der Waals surface area (Å²) in [6.45, 7) is 7.79. The molecule has 172 valence electrons. The number of nitrogens with zero attached hydrogens (tertiary/aromatic N) is 2. The fourth-order valence-corrected chi connectivity index (χ4v) is 4.52. The second-order valence-corrected chi connectivity index (χ2v) is 8.84. The lowest BCUT2D eigenvalue weighted by atomic mass is 9.98. The Hall–Kier alpha value is -2.12. The van der Waals surface area contributed by atoms with Crippen molar-refractivity contribution in [3.63, 3.8) is 0 Å². The number of likely N-dealkylation sites (N-methyl/N-ethyl adjacent to an activating group) is 1. The third-order valence-corrected chi connectivity index (χ3v) is 6.19. The highest BCUT2D eigenvalue weighted by Gasteiger charge is 2.32. The molecule has 2 atom stereocenters. The van der Waals surface area contributed by atoms with Crippen LogP contribution in [0, 0.1) is 12.8 Å². The van der Waals surface area contributed by atoms with Gasteiger partial charge in [-0.15, -0.1) is 0 Å². The second kappa shape index (κ2) is 11.5. The lowest BCUT2D eigenvalue weighted by molar-refractivity contribution is -0.138. The van der Waals surface area contributed by atoms with Crippen LogP contribution in [0.2, 0.25) is 0 Å². The van der Waals surface area contributed by atoms with Gasteiger partial charge in [0, 0.05) is 38.8 Å². The summed E-state index contributed by atoms with van der Waals surface area (Å²) in [6, 6.07) is 7.69. The molecule has 2 amide bonds. The van der Waals surface area contributed by atoms with E-state index in [1.807, 2.05) is 50.1 Å². The van der Waals surface area contributed by atoms with Crippen LogP contribution in [0.4, 0.5) is 0 Å². The Morgan fingerprint density at radius 3 is 2.45 bits per heavy atom. The van der Waals surface area contributed by atoms with E-state index in [4.69, 9.17) is 9.47 Å². The molecule has 2 saturated heterocycles. The van der Waals surface area contributed by atoms with Crippen LogP contribution in [0.15, 0.2) is 24.3 Å². The number of carbonyl (C=O) groups is 2. The highest BCUT2D eigenvalue weighted by Crippen LogP contribution is 2.22. The van der Waals surface area contributed by atoms with Gasteiger partial charge in [-0.1, -0.05) is 17.7 Å². The first-order valence-corrected chi connectivity index (χ1v) is 11.5. The molecular formula is C24H37N3O4. The van der Waals surface area contributed by atoms with Crippen LogP contribution in [0.5, 0.6) is 5.75 Å². The number of nitrogens with one attached hydrogen (secondary N) is 1. The zero-order valence-corrected chi connectivity index (χ0v) is 19.1. The zero-order valence-electron chi connectivity index (χ0n) is 19.1. The summed E-state index contributed by atoms with van der Waals surface area (Å²) in [5, 5.41) is 3.08. The number of amides is 2. The van der Waals surface area contributed by atoms with Gasteiger partial charge in [0.25, 0.3) is 5.91 Å². The predicted octanol–water partition coefficient (Wildman–Crippen LogP) is 2.23. The lowest BCUT2D eigenvalue weighted by Gasteiger charge is -2.34. The van der Waals surface area contributed by atoms with Crippen LogP contribution in [-0.4, -0.2) is 80.2 Å². The van der Waals surface area contributed by atoms with Gasteiger partial charge in [0.2, 0.25) is 5.91 Å². The first-order valence-electron chi connectivity index (χ1n) is 11.5. The fraction of sp³-hybridized carbons (Fsp3) is 0.667. The monoisotopic (exact) mass is 431 g/mol. The van der Waals surface area contributed by atoms with Gasteiger partial charge in [-0.25, -0.2) is 0 Å². The summed E-state index contributed by atoms with van der Waals surface area (Å²) < 4.78 is 11.3. The summed E-state index contributed by atoms with van der Waals surface area (Å²) in [7, 11) is 2.02. The molecule has 0 aromatic heterocycles. The highest BCUT2D eigenvalue weighted by molar-refractivity contribution is 5.79. The van der Waals surface area contributed by atoms with E-state index in [2.05, 4.69) is 10.2 Å². The largest absolute Gasteiger partial charge is 0.484 e. The minimum absolute atomic E-state index is 0.000407. The van der Waals surface area contributed by atoms with Crippen LogP contribution in [-0.2, 0) is 14.3 Å². The Morgan fingerprint density at radius 2 is 1.77 bits per heavy atom. The molecule has 1 N–H and O–H groups in total. The summed E-state index contributed by atoms with van der Waals surface area (Å²) in [5.74, 6) is 0.801. The normalized spacial score (nSPS) is 23.3. The van der Waals surface area contributed by atoms with Crippen molar-refractivity contribution in [2.75, 3.05) is 46.4 Å². The van der Waals surface area contributed by atoms with E-state index < -0.39 is 0 Å². The number of ether oxygens (including phenoxy) is 2. The van der Waals surface area contributed by atoms with Gasteiger partial charge >= 0.3 is 0 Å². The van der Waals surface area contributed by atoms with Crippen molar-refractivity contribution in [2.45, 2.75) is 51.7 Å². The number of aryl methyl sites for hydroxylation is 1. The Labute approximate surface area is 186 Å². The molecule has 0 aliphatic carbocycles. The molecule has 31 heavy (non-hydrogen) atoms. The van der Waals surface area contributed by atoms with Gasteiger partial charge in [0.1, 0.15) is 5.75 Å². The van der Waals surface area contributed by atoms with Gasteiger partial charge in [-0.05, 0) is 58.7 Å². The van der Waals surface area contributed by atoms with Gasteiger partial charge in [0.15, 0.2) is 6.61 Å². The predicted molar refractivity (Wildman–Crippen MR) is 120 cm³/mol. The molecule has 0 spiro atoms. The minimum Gasteiger partial charge on any atom is -0.484 e. The molecular weight excluding hydrogens is 394 g/mol. The zero-order chi connectivity index (χ0) is 22.2. The van der Waals surface area contributed by atoms with E-state index in [-0.39, 0.29) is 36.5 Å². The van der Waals surface area contributed by atoms with E-state index in [1.54, 1.807) is 0 Å². The number of rotatable bonds is 7. The Morgan fingerprint density at radius 1 is 1.06 bits per heavy atom. The topological polar surface area (TPSA) is 71.1 Å². The molecule has 0 bridgehead atoms. The minimum atomic E-state index is -0.123. The summed E-state index contributed by atoms with van der Waals surface area (Å²) in [6.07, 6.45) is 3.71. The summed E-state index contributed by atoms with van der Waals surface area (Å²) >= 11 is 0. The molecule has 7 nitrogen and oxygen atoms in total. The van der Waals surface area contributed by atoms with Crippen LogP contribution >= 0.6 is 0 Å². The molecule has 7 heteroatoms. The smallest absolute Gasteiger partial charge is 0.258 e. The van der Waals surface area contributed by atoms with E-state index >= 15 is 0 Å². The quantitative estimate of drug-likeness (QED) is 0.717.